The van der Waals surface area contributed by atoms with Crippen molar-refractivity contribution in [2.24, 2.45) is 16.8 Å². The van der Waals surface area contributed by atoms with Crippen LogP contribution in [0.3, 0.4) is 0 Å². The molecule has 0 amide bonds. The molecular formula is C20H37N5S. The van der Waals surface area contributed by atoms with Crippen molar-refractivity contribution in [1.82, 2.24) is 20.5 Å². The number of hydrogen-bond donors (Lipinski definition) is 2. The van der Waals surface area contributed by atoms with Crippen molar-refractivity contribution in [3.05, 3.63) is 15.6 Å². The summed E-state index contributed by atoms with van der Waals surface area (Å²) in [6.07, 6.45) is 3.82. The van der Waals surface area contributed by atoms with Crippen molar-refractivity contribution in [3.63, 3.8) is 0 Å². The number of unbranched alkanes of at least 4 members (excludes halogenated alkanes) is 1. The lowest BCUT2D eigenvalue weighted by Gasteiger charge is -2.34. The molecule has 2 N–H and O–H groups in total. The molecule has 0 spiro atoms. The molecule has 0 aromatic carbocycles. The summed E-state index contributed by atoms with van der Waals surface area (Å²) in [5, 5.41) is 7.94. The summed E-state index contributed by atoms with van der Waals surface area (Å²) in [6.45, 7) is 17.3. The zero-order valence-electron chi connectivity index (χ0n) is 17.3. The number of likely N-dealkylation sites (tertiary alicyclic amines) is 1. The maximum absolute atomic E-state index is 4.72. The first kappa shape index (κ1) is 21.2. The minimum absolute atomic E-state index is 0.705. The van der Waals surface area contributed by atoms with E-state index in [1.54, 1.807) is 11.3 Å². The number of nitrogens with zero attached hydrogens (tertiary/aromatic N) is 3. The van der Waals surface area contributed by atoms with Gasteiger partial charge in [-0.05, 0) is 58.4 Å². The molecule has 148 valence electrons. The fourth-order valence-electron chi connectivity index (χ4n) is 3.85. The van der Waals surface area contributed by atoms with E-state index in [1.165, 1.54) is 43.8 Å². The summed E-state index contributed by atoms with van der Waals surface area (Å²) >= 11 is 1.74. The number of guanidine groups is 1. The number of aliphatic imine (C=N–C) groups is 1. The number of rotatable bonds is 8. The maximum Gasteiger partial charge on any atom is 0.191 e. The lowest BCUT2D eigenvalue weighted by Crippen LogP contribution is -2.40. The van der Waals surface area contributed by atoms with Crippen LogP contribution < -0.4 is 10.6 Å². The molecule has 1 aliphatic heterocycles. The third-order valence-electron chi connectivity index (χ3n) is 4.86. The highest BCUT2D eigenvalue weighted by Crippen LogP contribution is 2.21. The first-order valence-corrected chi connectivity index (χ1v) is 11.0. The first-order valence-electron chi connectivity index (χ1n) is 10.1. The van der Waals surface area contributed by atoms with E-state index in [1.807, 2.05) is 0 Å². The van der Waals surface area contributed by atoms with E-state index in [-0.39, 0.29) is 0 Å². The van der Waals surface area contributed by atoms with Crippen LogP contribution >= 0.6 is 11.3 Å². The monoisotopic (exact) mass is 379 g/mol. The SMILES string of the molecule is CCNC(=NCc1sc(C)nc1C)NCCCCN1CC(C)CC(C)C1. The zero-order chi connectivity index (χ0) is 18.9. The zero-order valence-corrected chi connectivity index (χ0v) is 18.1. The average Bonchev–Trinajstić information content (AvgIpc) is 2.89. The van der Waals surface area contributed by atoms with E-state index >= 15 is 0 Å². The molecule has 0 bridgehead atoms. The fraction of sp³-hybridized carbons (Fsp3) is 0.800. The minimum Gasteiger partial charge on any atom is -0.357 e. The second-order valence-corrected chi connectivity index (χ2v) is 9.06. The van der Waals surface area contributed by atoms with E-state index in [4.69, 9.17) is 4.99 Å². The van der Waals surface area contributed by atoms with Crippen LogP contribution in [0, 0.1) is 25.7 Å². The van der Waals surface area contributed by atoms with Crippen molar-refractivity contribution in [1.29, 1.82) is 0 Å². The number of piperidine rings is 1. The Hall–Kier alpha value is -1.14. The molecule has 2 heterocycles. The molecule has 6 heteroatoms. The second kappa shape index (κ2) is 10.9. The van der Waals surface area contributed by atoms with Gasteiger partial charge in [0, 0.05) is 31.1 Å². The van der Waals surface area contributed by atoms with Gasteiger partial charge in [-0.2, -0.15) is 0 Å². The quantitative estimate of drug-likeness (QED) is 0.412. The van der Waals surface area contributed by atoms with Gasteiger partial charge in [0.15, 0.2) is 5.96 Å². The molecular weight excluding hydrogens is 342 g/mol. The Bertz CT molecular complexity index is 559. The molecule has 1 aliphatic rings. The second-order valence-electron chi connectivity index (χ2n) is 7.78. The van der Waals surface area contributed by atoms with Crippen molar-refractivity contribution < 1.29 is 0 Å². The van der Waals surface area contributed by atoms with Gasteiger partial charge >= 0.3 is 0 Å². The van der Waals surface area contributed by atoms with Crippen molar-refractivity contribution in [2.45, 2.75) is 60.4 Å². The van der Waals surface area contributed by atoms with E-state index < -0.39 is 0 Å². The van der Waals surface area contributed by atoms with Gasteiger partial charge in [-0.15, -0.1) is 11.3 Å². The van der Waals surface area contributed by atoms with Gasteiger partial charge < -0.3 is 15.5 Å². The predicted molar refractivity (Wildman–Crippen MR) is 113 cm³/mol. The molecule has 1 aromatic rings. The van der Waals surface area contributed by atoms with Crippen LogP contribution in [-0.4, -0.2) is 48.6 Å². The Morgan fingerprint density at radius 1 is 1.19 bits per heavy atom. The van der Waals surface area contributed by atoms with Crippen molar-refractivity contribution in [2.75, 3.05) is 32.7 Å². The predicted octanol–water partition coefficient (Wildman–Crippen LogP) is 3.57. The summed E-state index contributed by atoms with van der Waals surface area (Å²) in [4.78, 5) is 13.1. The normalized spacial score (nSPS) is 21.8. The van der Waals surface area contributed by atoms with Crippen LogP contribution in [0.4, 0.5) is 0 Å². The van der Waals surface area contributed by atoms with Crippen LogP contribution in [0.25, 0.3) is 0 Å². The van der Waals surface area contributed by atoms with Crippen LogP contribution in [0.2, 0.25) is 0 Å². The van der Waals surface area contributed by atoms with E-state index in [0.717, 1.165) is 41.6 Å². The molecule has 5 nitrogen and oxygen atoms in total. The highest BCUT2D eigenvalue weighted by atomic mass is 32.1. The molecule has 2 rings (SSSR count). The van der Waals surface area contributed by atoms with Gasteiger partial charge in [-0.25, -0.2) is 9.98 Å². The molecule has 2 unspecified atom stereocenters. The molecule has 1 fully saturated rings. The van der Waals surface area contributed by atoms with E-state index in [2.05, 4.69) is 55.1 Å². The molecule has 26 heavy (non-hydrogen) atoms. The lowest BCUT2D eigenvalue weighted by atomic mass is 9.92. The third kappa shape index (κ3) is 7.23. The number of aromatic nitrogens is 1. The maximum atomic E-state index is 4.72. The fourth-order valence-corrected chi connectivity index (χ4v) is 4.72. The molecule has 1 saturated heterocycles. The first-order chi connectivity index (χ1) is 12.5. The minimum atomic E-state index is 0.705. The Labute approximate surface area is 163 Å². The van der Waals surface area contributed by atoms with Crippen LogP contribution in [0.15, 0.2) is 4.99 Å². The van der Waals surface area contributed by atoms with Gasteiger partial charge in [0.2, 0.25) is 0 Å². The number of nitrogens with one attached hydrogen (secondary N) is 2. The number of thiazole rings is 1. The van der Waals surface area contributed by atoms with Gasteiger partial charge in [-0.1, -0.05) is 13.8 Å². The molecule has 1 aromatic heterocycles. The van der Waals surface area contributed by atoms with Gasteiger partial charge in [-0.3, -0.25) is 0 Å². The summed E-state index contributed by atoms with van der Waals surface area (Å²) < 4.78 is 0. The van der Waals surface area contributed by atoms with E-state index in [0.29, 0.717) is 6.54 Å². The van der Waals surface area contributed by atoms with Gasteiger partial charge in [0.1, 0.15) is 0 Å². The Balaban J connectivity index is 1.69. The van der Waals surface area contributed by atoms with Crippen LogP contribution in [-0.2, 0) is 6.54 Å². The summed E-state index contributed by atoms with van der Waals surface area (Å²) in [6, 6.07) is 0. The van der Waals surface area contributed by atoms with Crippen LogP contribution in [0.5, 0.6) is 0 Å². The molecule has 0 aliphatic carbocycles. The average molecular weight is 380 g/mol. The van der Waals surface area contributed by atoms with Crippen molar-refractivity contribution >= 4 is 17.3 Å². The molecule has 0 saturated carbocycles. The lowest BCUT2D eigenvalue weighted by molar-refractivity contribution is 0.139. The highest BCUT2D eigenvalue weighted by Gasteiger charge is 2.20. The Morgan fingerprint density at radius 3 is 2.54 bits per heavy atom. The number of aryl methyl sites for hydroxylation is 2. The third-order valence-corrected chi connectivity index (χ3v) is 5.92. The standard InChI is InChI=1S/C20H37N5S/c1-6-21-20(23-12-19-17(4)24-18(5)26-19)22-9-7-8-10-25-13-15(2)11-16(3)14-25/h15-16H,6-14H2,1-5H3,(H2,21,22,23). The van der Waals surface area contributed by atoms with E-state index in [9.17, 15) is 0 Å². The van der Waals surface area contributed by atoms with Gasteiger partial charge in [0.05, 0.1) is 17.2 Å². The Morgan fingerprint density at radius 2 is 1.92 bits per heavy atom. The highest BCUT2D eigenvalue weighted by molar-refractivity contribution is 7.11. The molecule has 2 atom stereocenters. The Kier molecular flexibility index (Phi) is 8.85. The smallest absolute Gasteiger partial charge is 0.191 e. The topological polar surface area (TPSA) is 52.6 Å². The largest absolute Gasteiger partial charge is 0.357 e. The molecule has 0 radical (unpaired) electrons. The summed E-state index contributed by atoms with van der Waals surface area (Å²) in [5.41, 5.74) is 1.11. The van der Waals surface area contributed by atoms with Crippen LogP contribution in [0.1, 0.15) is 55.6 Å². The number of hydrogen-bond acceptors (Lipinski definition) is 4. The summed E-state index contributed by atoms with van der Waals surface area (Å²) in [5.74, 6) is 2.62. The van der Waals surface area contributed by atoms with Crippen molar-refractivity contribution in [3.8, 4) is 0 Å². The van der Waals surface area contributed by atoms with Gasteiger partial charge in [0.25, 0.3) is 0 Å². The summed E-state index contributed by atoms with van der Waals surface area (Å²) in [7, 11) is 0.